The van der Waals surface area contributed by atoms with E-state index in [1.807, 2.05) is 18.2 Å². The molecule has 1 unspecified atom stereocenters. The standard InChI is InChI=1S/C16H20N2O3/c1-19-12-21-16-7-8-18(14(9-16)10-17)15(11-20-16)13-5-3-2-4-6-13/h2-6,14-15H,7-9,11-12H2,1H3/t14-,15-,16+/m0/s1. The number of hydrogen-bond acceptors (Lipinski definition) is 5. The molecule has 0 saturated carbocycles. The van der Waals surface area contributed by atoms with Gasteiger partial charge in [-0.05, 0) is 5.56 Å². The molecule has 0 spiro atoms. The Morgan fingerprint density at radius 1 is 1.43 bits per heavy atom. The third kappa shape index (κ3) is 2.81. The van der Waals surface area contributed by atoms with E-state index < -0.39 is 5.79 Å². The van der Waals surface area contributed by atoms with Crippen LogP contribution in [0.4, 0.5) is 0 Å². The van der Waals surface area contributed by atoms with Crippen molar-refractivity contribution in [2.24, 2.45) is 0 Å². The highest BCUT2D eigenvalue weighted by Gasteiger charge is 2.48. The maximum atomic E-state index is 9.51. The van der Waals surface area contributed by atoms with Crippen LogP contribution in [0.2, 0.25) is 0 Å². The van der Waals surface area contributed by atoms with E-state index in [-0.39, 0.29) is 18.9 Å². The minimum Gasteiger partial charge on any atom is -0.359 e. The molecule has 3 fully saturated rings. The summed E-state index contributed by atoms with van der Waals surface area (Å²) in [4.78, 5) is 2.23. The van der Waals surface area contributed by atoms with E-state index in [0.717, 1.165) is 13.0 Å². The van der Waals surface area contributed by atoms with Gasteiger partial charge in [-0.1, -0.05) is 30.3 Å². The zero-order valence-electron chi connectivity index (χ0n) is 12.2. The Labute approximate surface area is 125 Å². The number of piperidine rings is 1. The molecule has 0 N–H and O–H groups in total. The smallest absolute Gasteiger partial charge is 0.174 e. The highest BCUT2D eigenvalue weighted by Crippen LogP contribution is 2.40. The molecule has 3 heterocycles. The first kappa shape index (κ1) is 14.5. The van der Waals surface area contributed by atoms with Gasteiger partial charge in [0.2, 0.25) is 0 Å². The fraction of sp³-hybridized carbons (Fsp3) is 0.562. The summed E-state index contributed by atoms with van der Waals surface area (Å²) in [6, 6.07) is 12.5. The van der Waals surface area contributed by atoms with E-state index in [0.29, 0.717) is 13.0 Å². The summed E-state index contributed by atoms with van der Waals surface area (Å²) in [7, 11) is 1.59. The van der Waals surface area contributed by atoms with Crippen LogP contribution in [0, 0.1) is 11.3 Å². The van der Waals surface area contributed by atoms with Crippen molar-refractivity contribution in [1.82, 2.24) is 4.90 Å². The Morgan fingerprint density at radius 2 is 2.24 bits per heavy atom. The Hall–Kier alpha value is -1.45. The van der Waals surface area contributed by atoms with E-state index in [2.05, 4.69) is 23.1 Å². The lowest BCUT2D eigenvalue weighted by molar-refractivity contribution is -0.274. The molecule has 4 rings (SSSR count). The first-order valence-electron chi connectivity index (χ1n) is 7.25. The molecule has 0 radical (unpaired) electrons. The van der Waals surface area contributed by atoms with Crippen molar-refractivity contribution >= 4 is 0 Å². The molecule has 0 amide bonds. The summed E-state index contributed by atoms with van der Waals surface area (Å²) in [5, 5.41) is 9.51. The van der Waals surface area contributed by atoms with Gasteiger partial charge < -0.3 is 14.2 Å². The summed E-state index contributed by atoms with van der Waals surface area (Å²) < 4.78 is 16.9. The Morgan fingerprint density at radius 3 is 2.95 bits per heavy atom. The lowest BCUT2D eigenvalue weighted by atomic mass is 9.95. The molecule has 1 aromatic carbocycles. The van der Waals surface area contributed by atoms with Crippen LogP contribution in [-0.4, -0.2) is 43.8 Å². The van der Waals surface area contributed by atoms with Crippen LogP contribution in [0.25, 0.3) is 0 Å². The van der Waals surface area contributed by atoms with Crippen LogP contribution in [0.5, 0.6) is 0 Å². The third-order valence-corrected chi connectivity index (χ3v) is 4.33. The van der Waals surface area contributed by atoms with Gasteiger partial charge in [-0.15, -0.1) is 0 Å². The predicted octanol–water partition coefficient (Wildman–Crippen LogP) is 2.06. The van der Waals surface area contributed by atoms with Crippen LogP contribution >= 0.6 is 0 Å². The average molecular weight is 288 g/mol. The molecule has 4 atom stereocenters. The number of fused-ring (bicyclic) bond motifs is 4. The summed E-state index contributed by atoms with van der Waals surface area (Å²) in [5.41, 5.74) is 1.18. The molecule has 1 aromatic rings. The summed E-state index contributed by atoms with van der Waals surface area (Å²) in [5.74, 6) is -0.684. The molecule has 2 bridgehead atoms. The van der Waals surface area contributed by atoms with Gasteiger partial charge in [0.05, 0.1) is 18.7 Å². The van der Waals surface area contributed by atoms with Crippen LogP contribution in [0.3, 0.4) is 0 Å². The fourth-order valence-electron chi connectivity index (χ4n) is 3.22. The van der Waals surface area contributed by atoms with E-state index in [9.17, 15) is 5.26 Å². The third-order valence-electron chi connectivity index (χ3n) is 4.33. The predicted molar refractivity (Wildman–Crippen MR) is 76.2 cm³/mol. The van der Waals surface area contributed by atoms with Crippen LogP contribution in [0.15, 0.2) is 30.3 Å². The van der Waals surface area contributed by atoms with Gasteiger partial charge in [-0.25, -0.2) is 0 Å². The van der Waals surface area contributed by atoms with E-state index >= 15 is 0 Å². The number of benzene rings is 1. The molecular formula is C16H20N2O3. The fourth-order valence-corrected chi connectivity index (χ4v) is 3.22. The molecule has 3 aliphatic rings. The highest BCUT2D eigenvalue weighted by atomic mass is 16.8. The van der Waals surface area contributed by atoms with Crippen molar-refractivity contribution in [3.63, 3.8) is 0 Å². The molecule has 5 heteroatoms. The zero-order valence-corrected chi connectivity index (χ0v) is 12.2. The van der Waals surface area contributed by atoms with Gasteiger partial charge in [0.25, 0.3) is 0 Å². The molecule has 3 saturated heterocycles. The molecule has 3 aliphatic heterocycles. The normalized spacial score (nSPS) is 35.1. The van der Waals surface area contributed by atoms with Crippen LogP contribution in [0.1, 0.15) is 24.4 Å². The highest BCUT2D eigenvalue weighted by molar-refractivity contribution is 5.21. The van der Waals surface area contributed by atoms with Crippen molar-refractivity contribution in [2.75, 3.05) is 27.1 Å². The molecule has 0 aromatic heterocycles. The molecule has 0 aliphatic carbocycles. The molecular weight excluding hydrogens is 268 g/mol. The summed E-state index contributed by atoms with van der Waals surface area (Å²) >= 11 is 0. The minimum atomic E-state index is -0.684. The maximum Gasteiger partial charge on any atom is 0.174 e. The molecule has 112 valence electrons. The van der Waals surface area contributed by atoms with Gasteiger partial charge in [0, 0.05) is 26.5 Å². The Balaban J connectivity index is 1.86. The van der Waals surface area contributed by atoms with Crippen molar-refractivity contribution < 1.29 is 14.2 Å². The number of rotatable bonds is 4. The Bertz CT molecular complexity index is 516. The topological polar surface area (TPSA) is 54.7 Å². The van der Waals surface area contributed by atoms with Crippen molar-refractivity contribution in [3.05, 3.63) is 35.9 Å². The van der Waals surface area contributed by atoms with Crippen molar-refractivity contribution in [2.45, 2.75) is 30.7 Å². The number of nitrogens with zero attached hydrogens (tertiary/aromatic N) is 2. The largest absolute Gasteiger partial charge is 0.359 e. The number of nitriles is 1. The zero-order chi connectivity index (χ0) is 14.7. The lowest BCUT2D eigenvalue weighted by Crippen LogP contribution is -2.49. The second-order valence-electron chi connectivity index (χ2n) is 5.54. The maximum absolute atomic E-state index is 9.51. The minimum absolute atomic E-state index is 0.103. The second-order valence-corrected chi connectivity index (χ2v) is 5.54. The van der Waals surface area contributed by atoms with Gasteiger partial charge in [0.1, 0.15) is 12.8 Å². The van der Waals surface area contributed by atoms with E-state index in [1.54, 1.807) is 7.11 Å². The number of ether oxygens (including phenoxy) is 3. The van der Waals surface area contributed by atoms with E-state index in [1.165, 1.54) is 5.56 Å². The van der Waals surface area contributed by atoms with Crippen LogP contribution in [-0.2, 0) is 14.2 Å². The number of hydrogen-bond donors (Lipinski definition) is 0. The molecule has 21 heavy (non-hydrogen) atoms. The summed E-state index contributed by atoms with van der Waals surface area (Å²) in [6.45, 7) is 1.52. The molecule has 5 nitrogen and oxygen atoms in total. The van der Waals surface area contributed by atoms with Gasteiger partial charge in [-0.3, -0.25) is 4.90 Å². The SMILES string of the molecule is COCO[C@]12CCN([C@H](C#N)C1)[C@H](c1ccccc1)CO2. The first-order chi connectivity index (χ1) is 10.3. The van der Waals surface area contributed by atoms with Crippen molar-refractivity contribution in [1.29, 1.82) is 5.26 Å². The van der Waals surface area contributed by atoms with Gasteiger partial charge in [-0.2, -0.15) is 5.26 Å². The summed E-state index contributed by atoms with van der Waals surface area (Å²) in [6.07, 6.45) is 1.33. The Kier molecular flexibility index (Phi) is 4.22. The van der Waals surface area contributed by atoms with Gasteiger partial charge >= 0.3 is 0 Å². The van der Waals surface area contributed by atoms with Gasteiger partial charge in [0.15, 0.2) is 5.79 Å². The number of methoxy groups -OCH3 is 1. The van der Waals surface area contributed by atoms with E-state index in [4.69, 9.17) is 14.2 Å². The van der Waals surface area contributed by atoms with Crippen molar-refractivity contribution in [3.8, 4) is 6.07 Å². The quantitative estimate of drug-likeness (QED) is 0.794. The lowest BCUT2D eigenvalue weighted by Gasteiger charge is -2.40. The monoisotopic (exact) mass is 288 g/mol. The van der Waals surface area contributed by atoms with Crippen LogP contribution < -0.4 is 0 Å². The first-order valence-corrected chi connectivity index (χ1v) is 7.25. The average Bonchev–Trinajstić information content (AvgIpc) is 2.82. The second kappa shape index (κ2) is 6.12.